The predicted octanol–water partition coefficient (Wildman–Crippen LogP) is 6.23. The lowest BCUT2D eigenvalue weighted by atomic mass is 9.71. The Morgan fingerprint density at radius 2 is 1.86 bits per heavy atom. The van der Waals surface area contributed by atoms with Gasteiger partial charge in [-0.2, -0.15) is 0 Å². The molecule has 0 spiro atoms. The average Bonchev–Trinajstić information content (AvgIpc) is 3.40. The van der Waals surface area contributed by atoms with Gasteiger partial charge in [-0.3, -0.25) is 4.79 Å². The topological polar surface area (TPSA) is 30.0 Å². The van der Waals surface area contributed by atoms with Gasteiger partial charge in [0.15, 0.2) is 0 Å². The molecule has 1 aromatic heterocycles. The summed E-state index contributed by atoms with van der Waals surface area (Å²) in [5.41, 5.74) is 3.06. The molecule has 2 aromatic carbocycles. The number of Topliss-reactive ketones (excluding diaryl/α,β-unsaturated/α-hetero) is 1. The first-order valence-electron chi connectivity index (χ1n) is 10.4. The van der Waals surface area contributed by atoms with Crippen LogP contribution in [0.2, 0.25) is 0 Å². The molecule has 0 aliphatic heterocycles. The Labute approximate surface area is 172 Å². The highest BCUT2D eigenvalue weighted by molar-refractivity contribution is 5.88. The number of pyridine rings is 1. The molecular weight excluding hydrogens is 361 g/mol. The van der Waals surface area contributed by atoms with Gasteiger partial charge in [-0.05, 0) is 61.3 Å². The molecule has 0 N–H and O–H groups in total. The van der Waals surface area contributed by atoms with Crippen molar-refractivity contribution in [2.45, 2.75) is 52.9 Å². The number of halogens is 1. The number of hydrogen-bond donors (Lipinski definition) is 0. The van der Waals surface area contributed by atoms with E-state index >= 15 is 0 Å². The van der Waals surface area contributed by atoms with Crippen LogP contribution in [0.3, 0.4) is 0 Å². The van der Waals surface area contributed by atoms with Gasteiger partial charge in [-0.1, -0.05) is 56.3 Å². The lowest BCUT2D eigenvalue weighted by Crippen LogP contribution is -2.34. The molecule has 1 heterocycles. The molecule has 150 valence electrons. The Balaban J connectivity index is 1.64. The average molecular weight is 390 g/mol. The SMILES string of the molecule is Cc1nc2c(F)cccc2cc1CC(=O)C(C)(Cc1ccccc1)CC1(C)CC1. The van der Waals surface area contributed by atoms with Gasteiger partial charge in [0.2, 0.25) is 0 Å². The Morgan fingerprint density at radius 3 is 2.55 bits per heavy atom. The predicted molar refractivity (Wildman–Crippen MR) is 115 cm³/mol. The standard InChI is InChI=1S/C26H28FNO/c1-18-21(14-20-10-7-11-22(27)24(20)28-18)15-23(29)26(3,17-25(2)12-13-25)16-19-8-5-4-6-9-19/h4-11,14H,12-13,15-17H2,1-3H3. The molecule has 0 radical (unpaired) electrons. The molecule has 1 aliphatic carbocycles. The van der Waals surface area contributed by atoms with Gasteiger partial charge in [0.05, 0.1) is 0 Å². The highest BCUT2D eigenvalue weighted by atomic mass is 19.1. The zero-order chi connectivity index (χ0) is 20.6. The van der Waals surface area contributed by atoms with Gasteiger partial charge in [0.1, 0.15) is 17.1 Å². The van der Waals surface area contributed by atoms with Crippen molar-refractivity contribution in [2.24, 2.45) is 10.8 Å². The first-order chi connectivity index (χ1) is 13.8. The number of rotatable bonds is 7. The molecule has 1 atom stereocenters. The lowest BCUT2D eigenvalue weighted by Gasteiger charge is -2.31. The monoisotopic (exact) mass is 389 g/mol. The van der Waals surface area contributed by atoms with Crippen LogP contribution < -0.4 is 0 Å². The van der Waals surface area contributed by atoms with Gasteiger partial charge in [0.25, 0.3) is 0 Å². The van der Waals surface area contributed by atoms with E-state index in [4.69, 9.17) is 0 Å². The fourth-order valence-corrected chi connectivity index (χ4v) is 4.50. The van der Waals surface area contributed by atoms with E-state index in [2.05, 4.69) is 31.0 Å². The third-order valence-corrected chi connectivity index (χ3v) is 6.47. The normalized spacial score (nSPS) is 17.1. The zero-order valence-electron chi connectivity index (χ0n) is 17.5. The number of aryl methyl sites for hydroxylation is 1. The number of para-hydroxylation sites is 1. The molecule has 4 rings (SSSR count). The summed E-state index contributed by atoms with van der Waals surface area (Å²) in [5, 5.41) is 0.748. The molecule has 1 saturated carbocycles. The van der Waals surface area contributed by atoms with E-state index in [1.807, 2.05) is 37.3 Å². The summed E-state index contributed by atoms with van der Waals surface area (Å²) in [6, 6.07) is 17.2. The molecule has 0 saturated heterocycles. The minimum absolute atomic E-state index is 0.245. The molecule has 29 heavy (non-hydrogen) atoms. The second kappa shape index (κ2) is 7.37. The summed E-state index contributed by atoms with van der Waals surface area (Å²) < 4.78 is 14.1. The molecular formula is C26H28FNO. The lowest BCUT2D eigenvalue weighted by molar-refractivity contribution is -0.128. The summed E-state index contributed by atoms with van der Waals surface area (Å²) in [5.74, 6) is -0.0748. The van der Waals surface area contributed by atoms with Crippen LogP contribution in [0.5, 0.6) is 0 Å². The Kier molecular flexibility index (Phi) is 5.02. The van der Waals surface area contributed by atoms with Crippen LogP contribution in [-0.2, 0) is 17.6 Å². The summed E-state index contributed by atoms with van der Waals surface area (Å²) in [4.78, 5) is 18.1. The number of nitrogens with zero attached hydrogens (tertiary/aromatic N) is 1. The van der Waals surface area contributed by atoms with E-state index in [0.29, 0.717) is 11.9 Å². The van der Waals surface area contributed by atoms with Crippen molar-refractivity contribution in [3.8, 4) is 0 Å². The van der Waals surface area contributed by atoms with Crippen molar-refractivity contribution >= 4 is 16.7 Å². The quantitative estimate of drug-likeness (QED) is 0.479. The maximum atomic E-state index is 14.1. The number of aromatic nitrogens is 1. The van der Waals surface area contributed by atoms with Crippen LogP contribution in [0.4, 0.5) is 4.39 Å². The largest absolute Gasteiger partial charge is 0.299 e. The van der Waals surface area contributed by atoms with Gasteiger partial charge in [0, 0.05) is 22.9 Å². The molecule has 2 nitrogen and oxygen atoms in total. The zero-order valence-corrected chi connectivity index (χ0v) is 17.5. The Morgan fingerprint density at radius 1 is 1.14 bits per heavy atom. The van der Waals surface area contributed by atoms with Crippen molar-refractivity contribution in [3.63, 3.8) is 0 Å². The van der Waals surface area contributed by atoms with Crippen LogP contribution in [0.25, 0.3) is 10.9 Å². The minimum Gasteiger partial charge on any atom is -0.299 e. The van der Waals surface area contributed by atoms with E-state index in [-0.39, 0.29) is 17.0 Å². The number of hydrogen-bond acceptors (Lipinski definition) is 2. The van der Waals surface area contributed by atoms with Gasteiger partial charge in [-0.25, -0.2) is 9.37 Å². The molecule has 1 unspecified atom stereocenters. The summed E-state index contributed by atoms with van der Waals surface area (Å²) in [6.07, 6.45) is 4.38. The fraction of sp³-hybridized carbons (Fsp3) is 0.385. The second-order valence-corrected chi connectivity index (χ2v) is 9.35. The van der Waals surface area contributed by atoms with Crippen molar-refractivity contribution in [1.29, 1.82) is 0 Å². The molecule has 3 heteroatoms. The molecule has 1 aliphatic rings. The van der Waals surface area contributed by atoms with Gasteiger partial charge >= 0.3 is 0 Å². The second-order valence-electron chi connectivity index (χ2n) is 9.35. The van der Waals surface area contributed by atoms with Crippen LogP contribution in [0, 0.1) is 23.6 Å². The van der Waals surface area contributed by atoms with E-state index in [0.717, 1.165) is 29.5 Å². The number of carbonyl (C=O) groups is 1. The molecule has 0 bridgehead atoms. The maximum Gasteiger partial charge on any atom is 0.149 e. The fourth-order valence-electron chi connectivity index (χ4n) is 4.50. The number of fused-ring (bicyclic) bond motifs is 1. The van der Waals surface area contributed by atoms with Crippen LogP contribution >= 0.6 is 0 Å². The van der Waals surface area contributed by atoms with Gasteiger partial charge < -0.3 is 0 Å². The van der Waals surface area contributed by atoms with Crippen molar-refractivity contribution in [1.82, 2.24) is 4.98 Å². The van der Waals surface area contributed by atoms with Crippen molar-refractivity contribution in [3.05, 3.63) is 77.2 Å². The Hall–Kier alpha value is -2.55. The third-order valence-electron chi connectivity index (χ3n) is 6.47. The van der Waals surface area contributed by atoms with Crippen LogP contribution in [0.1, 0.15) is 49.9 Å². The number of carbonyl (C=O) groups excluding carboxylic acids is 1. The van der Waals surface area contributed by atoms with Crippen LogP contribution in [-0.4, -0.2) is 10.8 Å². The summed E-state index contributed by atoms with van der Waals surface area (Å²) in [6.45, 7) is 6.27. The molecule has 0 amide bonds. The number of ketones is 1. The van der Waals surface area contributed by atoms with Gasteiger partial charge in [-0.15, -0.1) is 0 Å². The maximum absolute atomic E-state index is 14.1. The third kappa shape index (κ3) is 4.24. The smallest absolute Gasteiger partial charge is 0.149 e. The summed E-state index contributed by atoms with van der Waals surface area (Å²) >= 11 is 0. The van der Waals surface area contributed by atoms with Crippen LogP contribution in [0.15, 0.2) is 54.6 Å². The van der Waals surface area contributed by atoms with E-state index in [1.54, 1.807) is 6.07 Å². The van der Waals surface area contributed by atoms with E-state index in [1.165, 1.54) is 24.5 Å². The highest BCUT2D eigenvalue weighted by Crippen LogP contribution is 2.54. The van der Waals surface area contributed by atoms with Crippen molar-refractivity contribution < 1.29 is 9.18 Å². The van der Waals surface area contributed by atoms with E-state index in [9.17, 15) is 9.18 Å². The number of benzene rings is 2. The highest BCUT2D eigenvalue weighted by Gasteiger charge is 2.46. The molecule has 3 aromatic rings. The Bertz CT molecular complexity index is 1050. The van der Waals surface area contributed by atoms with Crippen molar-refractivity contribution in [2.75, 3.05) is 0 Å². The molecule has 1 fully saturated rings. The first kappa shape index (κ1) is 19.8. The van der Waals surface area contributed by atoms with E-state index < -0.39 is 5.41 Å². The summed E-state index contributed by atoms with van der Waals surface area (Å²) in [7, 11) is 0. The first-order valence-corrected chi connectivity index (χ1v) is 10.4. The minimum atomic E-state index is -0.421.